The number of hydrogen-bond acceptors (Lipinski definition) is 5. The summed E-state index contributed by atoms with van der Waals surface area (Å²) in [4.78, 5) is 12.3. The number of aliphatic imine (C=N–C) groups is 1. The average Bonchev–Trinajstić information content (AvgIpc) is 2.74. The fraction of sp³-hybridized carbons (Fsp3) is 0.222. The Morgan fingerprint density at radius 1 is 1.19 bits per heavy atom. The minimum Gasteiger partial charge on any atom is -0.303 e. The maximum absolute atomic E-state index is 5.68. The minimum atomic E-state index is 0.365. The Hall–Kier alpha value is -1.82. The maximum Gasteiger partial charge on any atom is 0.184 e. The summed E-state index contributed by atoms with van der Waals surface area (Å²) in [5.41, 5.74) is 0.665. The van der Waals surface area contributed by atoms with Crippen molar-refractivity contribution in [3.63, 3.8) is 0 Å². The third-order valence-corrected chi connectivity index (χ3v) is 2.48. The lowest BCUT2D eigenvalue weighted by atomic mass is 10.4. The molecule has 6 nitrogen and oxygen atoms in total. The van der Waals surface area contributed by atoms with Crippen LogP contribution < -0.4 is 0 Å². The van der Waals surface area contributed by atoms with Crippen LogP contribution in [0.2, 0.25) is 5.15 Å². The van der Waals surface area contributed by atoms with Crippen molar-refractivity contribution in [3.8, 4) is 11.5 Å². The van der Waals surface area contributed by atoms with Gasteiger partial charge in [-0.25, -0.2) is 9.97 Å². The Kier molecular flexibility index (Phi) is 2.14. The van der Waals surface area contributed by atoms with Gasteiger partial charge in [0.1, 0.15) is 10.8 Å². The summed E-state index contributed by atoms with van der Waals surface area (Å²) < 4.78 is 1.96. The second-order valence-electron chi connectivity index (χ2n) is 3.29. The second-order valence-corrected chi connectivity index (χ2v) is 3.68. The molecule has 3 heterocycles. The molecule has 0 atom stereocenters. The zero-order valence-corrected chi connectivity index (χ0v) is 8.96. The van der Waals surface area contributed by atoms with Crippen molar-refractivity contribution >= 4 is 17.8 Å². The van der Waals surface area contributed by atoms with Crippen LogP contribution in [0.3, 0.4) is 0 Å². The van der Waals surface area contributed by atoms with Crippen molar-refractivity contribution in [3.05, 3.63) is 23.4 Å². The molecular formula is C9H7ClN6. The summed E-state index contributed by atoms with van der Waals surface area (Å²) in [6.07, 6.45) is 4.80. The molecule has 2 aromatic rings. The quantitative estimate of drug-likeness (QED) is 0.733. The molecule has 0 amide bonds. The molecule has 0 aliphatic carbocycles. The van der Waals surface area contributed by atoms with E-state index < -0.39 is 0 Å². The van der Waals surface area contributed by atoms with Gasteiger partial charge in [-0.2, -0.15) is 0 Å². The summed E-state index contributed by atoms with van der Waals surface area (Å²) in [5.74, 6) is 1.45. The summed E-state index contributed by atoms with van der Waals surface area (Å²) in [6.45, 7) is 1.50. The smallest absolute Gasteiger partial charge is 0.184 e. The van der Waals surface area contributed by atoms with E-state index in [1.807, 2.05) is 4.57 Å². The number of aromatic nitrogens is 5. The molecule has 0 aromatic carbocycles. The molecule has 0 saturated heterocycles. The highest BCUT2D eigenvalue weighted by Crippen LogP contribution is 2.16. The van der Waals surface area contributed by atoms with Crippen LogP contribution in [0.5, 0.6) is 0 Å². The van der Waals surface area contributed by atoms with E-state index in [0.29, 0.717) is 16.7 Å². The number of fused-ring (bicyclic) bond motifs is 1. The lowest BCUT2D eigenvalue weighted by molar-refractivity contribution is 0.691. The third kappa shape index (κ3) is 1.47. The second kappa shape index (κ2) is 3.64. The lowest BCUT2D eigenvalue weighted by Crippen LogP contribution is -2.12. The van der Waals surface area contributed by atoms with Gasteiger partial charge in [-0.15, -0.1) is 10.2 Å². The monoisotopic (exact) mass is 234 g/mol. The highest BCUT2D eigenvalue weighted by molar-refractivity contribution is 6.29. The lowest BCUT2D eigenvalue weighted by Gasteiger charge is -2.09. The first-order valence-electron chi connectivity index (χ1n) is 4.75. The number of rotatable bonds is 1. The van der Waals surface area contributed by atoms with E-state index in [9.17, 15) is 0 Å². The molecule has 2 aromatic heterocycles. The standard InChI is InChI=1S/C9H7ClN6/c10-7-4-12-6(3-13-7)9-15-14-8-5-11-1-2-16(8)9/h3-5H,1-2H2. The first-order chi connectivity index (χ1) is 7.84. The largest absolute Gasteiger partial charge is 0.303 e. The van der Waals surface area contributed by atoms with Crippen LogP contribution in [0.4, 0.5) is 0 Å². The topological polar surface area (TPSA) is 68.8 Å². The van der Waals surface area contributed by atoms with E-state index in [4.69, 9.17) is 11.6 Å². The highest BCUT2D eigenvalue weighted by atomic mass is 35.5. The van der Waals surface area contributed by atoms with E-state index in [1.54, 1.807) is 12.4 Å². The van der Waals surface area contributed by atoms with E-state index in [-0.39, 0.29) is 0 Å². The summed E-state index contributed by atoms with van der Waals surface area (Å²) in [5, 5.41) is 8.46. The van der Waals surface area contributed by atoms with Crippen LogP contribution in [-0.2, 0) is 6.54 Å². The van der Waals surface area contributed by atoms with Crippen LogP contribution in [0.15, 0.2) is 17.4 Å². The van der Waals surface area contributed by atoms with Crippen LogP contribution in [0.25, 0.3) is 11.5 Å². The van der Waals surface area contributed by atoms with Crippen molar-refractivity contribution in [2.24, 2.45) is 4.99 Å². The molecular weight excluding hydrogens is 228 g/mol. The van der Waals surface area contributed by atoms with Gasteiger partial charge in [-0.1, -0.05) is 11.6 Å². The van der Waals surface area contributed by atoms with Gasteiger partial charge in [0.15, 0.2) is 11.6 Å². The molecule has 1 aliphatic rings. The molecule has 0 saturated carbocycles. The van der Waals surface area contributed by atoms with Gasteiger partial charge in [0, 0.05) is 6.54 Å². The van der Waals surface area contributed by atoms with E-state index >= 15 is 0 Å². The molecule has 1 aliphatic heterocycles. The number of hydrogen-bond donors (Lipinski definition) is 0. The predicted octanol–water partition coefficient (Wildman–Crippen LogP) is 0.821. The summed E-state index contributed by atoms with van der Waals surface area (Å²) in [6, 6.07) is 0. The zero-order chi connectivity index (χ0) is 11.0. The Balaban J connectivity index is 2.10. The Bertz CT molecular complexity index is 544. The maximum atomic E-state index is 5.68. The molecule has 0 unspecified atom stereocenters. The Labute approximate surface area is 96.0 Å². The molecule has 0 spiro atoms. The van der Waals surface area contributed by atoms with E-state index in [1.165, 1.54) is 6.20 Å². The first kappa shape index (κ1) is 9.41. The van der Waals surface area contributed by atoms with Gasteiger partial charge in [0.05, 0.1) is 25.2 Å². The van der Waals surface area contributed by atoms with Crippen LogP contribution in [0, 0.1) is 0 Å². The zero-order valence-electron chi connectivity index (χ0n) is 8.21. The van der Waals surface area contributed by atoms with E-state index in [2.05, 4.69) is 25.2 Å². The molecule has 0 radical (unpaired) electrons. The van der Waals surface area contributed by atoms with Crippen LogP contribution in [-0.4, -0.2) is 37.5 Å². The third-order valence-electron chi connectivity index (χ3n) is 2.29. The SMILES string of the molecule is Clc1cnc(-c2nnc3n2CCN=C3)cn1. The molecule has 0 N–H and O–H groups in total. The van der Waals surface area contributed by atoms with E-state index in [0.717, 1.165) is 18.9 Å². The van der Waals surface area contributed by atoms with Crippen LogP contribution >= 0.6 is 11.6 Å². The fourth-order valence-electron chi connectivity index (χ4n) is 1.55. The minimum absolute atomic E-state index is 0.365. The molecule has 7 heteroatoms. The van der Waals surface area contributed by atoms with Gasteiger partial charge in [0.25, 0.3) is 0 Å². The van der Waals surface area contributed by atoms with Crippen molar-refractivity contribution in [2.75, 3.05) is 6.54 Å². The molecule has 80 valence electrons. The Morgan fingerprint density at radius 3 is 2.94 bits per heavy atom. The normalized spacial score (nSPS) is 13.8. The van der Waals surface area contributed by atoms with Gasteiger partial charge in [-0.3, -0.25) is 4.99 Å². The van der Waals surface area contributed by atoms with Gasteiger partial charge in [0.2, 0.25) is 0 Å². The molecule has 16 heavy (non-hydrogen) atoms. The molecule has 0 bridgehead atoms. The van der Waals surface area contributed by atoms with Gasteiger partial charge < -0.3 is 4.57 Å². The molecule has 3 rings (SSSR count). The summed E-state index contributed by atoms with van der Waals surface area (Å²) >= 11 is 5.68. The average molecular weight is 235 g/mol. The Morgan fingerprint density at radius 2 is 2.12 bits per heavy atom. The number of nitrogens with zero attached hydrogens (tertiary/aromatic N) is 6. The number of halogens is 1. The molecule has 0 fully saturated rings. The van der Waals surface area contributed by atoms with Crippen molar-refractivity contribution < 1.29 is 0 Å². The first-order valence-corrected chi connectivity index (χ1v) is 5.13. The van der Waals surface area contributed by atoms with Gasteiger partial charge >= 0.3 is 0 Å². The summed E-state index contributed by atoms with van der Waals surface area (Å²) in [7, 11) is 0. The highest BCUT2D eigenvalue weighted by Gasteiger charge is 2.15. The van der Waals surface area contributed by atoms with Crippen molar-refractivity contribution in [1.82, 2.24) is 24.7 Å². The van der Waals surface area contributed by atoms with Gasteiger partial charge in [-0.05, 0) is 0 Å². The van der Waals surface area contributed by atoms with Crippen LogP contribution in [0.1, 0.15) is 5.82 Å². The predicted molar refractivity (Wildman–Crippen MR) is 58.5 cm³/mol. The van der Waals surface area contributed by atoms with Crippen molar-refractivity contribution in [1.29, 1.82) is 0 Å². The fourth-order valence-corrected chi connectivity index (χ4v) is 1.65. The van der Waals surface area contributed by atoms with Crippen molar-refractivity contribution in [2.45, 2.75) is 6.54 Å².